The molecule has 0 fully saturated rings. The maximum atomic E-state index is 8.36. The van der Waals surface area contributed by atoms with E-state index in [0.717, 1.165) is 0 Å². The van der Waals surface area contributed by atoms with Gasteiger partial charge in [-0.25, -0.2) is 0 Å². The Kier molecular flexibility index (Phi) is 135. The second-order valence-electron chi connectivity index (χ2n) is 1.37. The molecule has 0 saturated carbocycles. The predicted molar refractivity (Wildman–Crippen MR) is 82.9 cm³/mol. The van der Waals surface area contributed by atoms with E-state index in [2.05, 4.69) is 0 Å². The van der Waals surface area contributed by atoms with Gasteiger partial charge >= 0.3 is 0 Å². The van der Waals surface area contributed by atoms with E-state index in [1.54, 1.807) is 0 Å². The summed E-state index contributed by atoms with van der Waals surface area (Å²) >= 11 is 0. The minimum Gasteiger partial charge on any atom is -0.369 e. The topological polar surface area (TPSA) is 538 Å². The van der Waals surface area contributed by atoms with Crippen LogP contribution in [0.25, 0.3) is 0 Å². The highest BCUT2D eigenvalue weighted by Crippen LogP contribution is 1.45. The van der Waals surface area contributed by atoms with E-state index < -0.39 is 30.5 Å². The van der Waals surface area contributed by atoms with Crippen molar-refractivity contribution in [3.63, 3.8) is 0 Å². The first-order valence-corrected chi connectivity index (χ1v) is 3.32. The maximum Gasteiger partial charge on any atom is 0.291 e. The summed E-state index contributed by atoms with van der Waals surface area (Å²) in [6.07, 6.45) is 0. The van der Waals surface area contributed by atoms with Gasteiger partial charge in [-0.05, 0) is 0 Å². The summed E-state index contributed by atoms with van der Waals surface area (Å²) < 4.78 is 0. The standard InChI is InChI=1S/2HNO3.4NO3.4H3N/c6*2-1(3)4;;;;/h2*(H,2,3,4);;;;;4*1H3/q;;4*-1;;;;/p+4. The van der Waals surface area contributed by atoms with Crippen LogP contribution in [0.2, 0.25) is 0 Å². The van der Waals surface area contributed by atoms with Gasteiger partial charge in [0, 0.05) is 0 Å². The second-order valence-corrected chi connectivity index (χ2v) is 1.37. The van der Waals surface area contributed by atoms with Crippen LogP contribution in [0, 0.1) is 81.5 Å². The fourth-order valence-electron chi connectivity index (χ4n) is 0. The highest BCUT2D eigenvalue weighted by atomic mass is 16.9. The van der Waals surface area contributed by atoms with Crippen LogP contribution in [-0.4, -0.2) is 40.9 Å². The average Bonchev–Trinajstić information content (AvgIpc) is 2.08. The Hall–Kier alpha value is -4.96. The highest BCUT2D eigenvalue weighted by Gasteiger charge is 1.65. The van der Waals surface area contributed by atoms with Crippen LogP contribution >= 0.6 is 0 Å². The summed E-state index contributed by atoms with van der Waals surface area (Å²) in [5, 5.41) is 86.3. The van der Waals surface area contributed by atoms with Crippen molar-refractivity contribution in [3.05, 3.63) is 81.5 Å². The number of hydrogen-bond donors (Lipinski definition) is 6. The molecule has 0 heterocycles. The molecule has 176 valence electrons. The third-order valence-electron chi connectivity index (χ3n) is 0. The molecule has 0 unspecified atom stereocenters. The van der Waals surface area contributed by atoms with Gasteiger partial charge in [0.25, 0.3) is 10.2 Å². The van der Waals surface area contributed by atoms with E-state index in [-0.39, 0.29) is 24.6 Å². The van der Waals surface area contributed by atoms with Crippen molar-refractivity contribution in [1.82, 2.24) is 24.6 Å². The summed E-state index contributed by atoms with van der Waals surface area (Å²) in [5.74, 6) is 0. The van der Waals surface area contributed by atoms with E-state index in [1.165, 1.54) is 0 Å². The zero-order chi connectivity index (χ0) is 21.5. The van der Waals surface area contributed by atoms with Crippen molar-refractivity contribution in [2.24, 2.45) is 0 Å². The Labute approximate surface area is 148 Å². The first kappa shape index (κ1) is 65.8. The van der Waals surface area contributed by atoms with Crippen molar-refractivity contribution in [2.45, 2.75) is 0 Å². The molecule has 0 aliphatic heterocycles. The van der Waals surface area contributed by atoms with Gasteiger partial charge in [0.15, 0.2) is 0 Å². The summed E-state index contributed by atoms with van der Waals surface area (Å²) in [6, 6.07) is 0. The van der Waals surface area contributed by atoms with Crippen molar-refractivity contribution in [1.29, 1.82) is 0 Å². The second kappa shape index (κ2) is 57.4. The number of nitrogens with zero attached hydrogens (tertiary/aromatic N) is 6. The lowest BCUT2D eigenvalue weighted by atomic mass is 13.1. The van der Waals surface area contributed by atoms with Crippen molar-refractivity contribution in [2.75, 3.05) is 0 Å². The molecule has 28 heavy (non-hydrogen) atoms. The van der Waals surface area contributed by atoms with Gasteiger partial charge in [-0.1, -0.05) is 0 Å². The highest BCUT2D eigenvalue weighted by molar-refractivity contribution is 4.04. The molecule has 0 bridgehead atoms. The molecule has 0 aromatic rings. The molecule has 0 saturated heterocycles. The molecule has 28 heteroatoms. The largest absolute Gasteiger partial charge is 0.369 e. The van der Waals surface area contributed by atoms with Gasteiger partial charge in [0.1, 0.15) is 0 Å². The van der Waals surface area contributed by atoms with Gasteiger partial charge < -0.3 is 96.3 Å². The monoisotopic (exact) mass is 446 g/mol. The lowest BCUT2D eigenvalue weighted by Crippen LogP contribution is -1.81. The van der Waals surface area contributed by atoms with E-state index in [4.69, 9.17) is 91.9 Å². The van der Waals surface area contributed by atoms with Crippen molar-refractivity contribution < 1.29 is 40.9 Å². The fraction of sp³-hybridized carbons (Fsp3) is 0. The third kappa shape index (κ3) is 343. The zero-order valence-electron chi connectivity index (χ0n) is 14.1. The van der Waals surface area contributed by atoms with E-state index in [1.807, 2.05) is 0 Å². The maximum absolute atomic E-state index is 8.36. The van der Waals surface area contributed by atoms with Gasteiger partial charge in [0.2, 0.25) is 0 Å². The first-order chi connectivity index (χ1) is 10.4. The SMILES string of the molecule is O=[N+]([O-])O.O=[N+]([O-])O.O=[N+]([O-])[O-].O=[N+]([O-])[O-].O=[N+]([O-])[O-].O=[N+]([O-])[O-].[NH4+].[NH4+].[NH4+].[NH4+]. The lowest BCUT2D eigenvalue weighted by molar-refractivity contribution is -0.742. The van der Waals surface area contributed by atoms with Crippen LogP contribution in [0.15, 0.2) is 0 Å². The van der Waals surface area contributed by atoms with Gasteiger partial charge in [0.05, 0.1) is 20.3 Å². The normalized spacial score (nSPS) is 5.14. The first-order valence-electron chi connectivity index (χ1n) is 3.32. The number of rotatable bonds is 0. The minimum atomic E-state index is -1.75. The molecule has 18 N–H and O–H groups in total. The molecule has 0 radical (unpaired) electrons. The van der Waals surface area contributed by atoms with Crippen LogP contribution in [-0.2, 0) is 0 Å². The minimum absolute atomic E-state index is 0. The zero-order valence-corrected chi connectivity index (χ0v) is 14.1. The Bertz CT molecular complexity index is 258. The van der Waals surface area contributed by atoms with Gasteiger partial charge in [-0.3, -0.25) is 0 Å². The quantitative estimate of drug-likeness (QED) is 0.208. The smallest absolute Gasteiger partial charge is 0.291 e. The molecule has 0 atom stereocenters. The Balaban J connectivity index is -0.0000000169. The molecular formula is H18N10O18. The van der Waals surface area contributed by atoms with Crippen LogP contribution < -0.4 is 24.6 Å². The Morgan fingerprint density at radius 1 is 0.357 bits per heavy atom. The molecule has 0 aliphatic rings. The molecule has 28 nitrogen and oxygen atoms in total. The predicted octanol–water partition coefficient (Wildman–Crippen LogP) is -0.147. The van der Waals surface area contributed by atoms with E-state index in [9.17, 15) is 0 Å². The number of quaternary nitrogens is 4. The average molecular weight is 446 g/mol. The molecule has 0 aromatic carbocycles. The molecule has 0 aromatic heterocycles. The Morgan fingerprint density at radius 3 is 0.357 bits per heavy atom. The van der Waals surface area contributed by atoms with E-state index >= 15 is 0 Å². The molecule has 0 aliphatic carbocycles. The molecule has 0 rings (SSSR count). The summed E-state index contributed by atoms with van der Waals surface area (Å²) in [4.78, 5) is 49.7. The molecule has 0 spiro atoms. The van der Waals surface area contributed by atoms with Crippen LogP contribution in [0.3, 0.4) is 0 Å². The lowest BCUT2D eigenvalue weighted by Gasteiger charge is -1.74. The molecular weight excluding hydrogens is 428 g/mol. The van der Waals surface area contributed by atoms with Crippen LogP contribution in [0.1, 0.15) is 0 Å². The summed E-state index contributed by atoms with van der Waals surface area (Å²) in [5.41, 5.74) is 0. The van der Waals surface area contributed by atoms with Crippen LogP contribution in [0.5, 0.6) is 0 Å². The number of hydrogen-bond acceptors (Lipinski definition) is 16. The van der Waals surface area contributed by atoms with Crippen molar-refractivity contribution in [3.8, 4) is 0 Å². The summed E-state index contributed by atoms with van der Waals surface area (Å²) in [6.45, 7) is 0. The third-order valence-corrected chi connectivity index (χ3v) is 0. The fourth-order valence-corrected chi connectivity index (χ4v) is 0. The summed E-state index contributed by atoms with van der Waals surface area (Å²) in [7, 11) is 0. The molecule has 0 amide bonds. The van der Waals surface area contributed by atoms with Gasteiger partial charge in [-0.15, -0.1) is 20.2 Å². The Morgan fingerprint density at radius 2 is 0.357 bits per heavy atom. The van der Waals surface area contributed by atoms with Crippen molar-refractivity contribution >= 4 is 0 Å². The van der Waals surface area contributed by atoms with Crippen LogP contribution in [0.4, 0.5) is 0 Å². The van der Waals surface area contributed by atoms with Gasteiger partial charge in [-0.2, -0.15) is 0 Å². The van der Waals surface area contributed by atoms with E-state index in [0.29, 0.717) is 0 Å².